The van der Waals surface area contributed by atoms with Crippen molar-refractivity contribution in [2.24, 2.45) is 0 Å². The summed E-state index contributed by atoms with van der Waals surface area (Å²) in [6.45, 7) is 2.07. The molecule has 2 aromatic rings. The van der Waals surface area contributed by atoms with E-state index >= 15 is 0 Å². The minimum absolute atomic E-state index is 0.0582. The van der Waals surface area contributed by atoms with Crippen LogP contribution in [0.15, 0.2) is 36.5 Å². The topological polar surface area (TPSA) is 45.2 Å². The SMILES string of the molecule is Cc1cnc(NC(CO)c2ccccc2)s1. The van der Waals surface area contributed by atoms with E-state index in [0.29, 0.717) is 0 Å². The highest BCUT2D eigenvalue weighted by molar-refractivity contribution is 7.15. The van der Waals surface area contributed by atoms with Crippen molar-refractivity contribution in [1.82, 2.24) is 4.98 Å². The molecule has 2 rings (SSSR count). The molecular weight excluding hydrogens is 220 g/mol. The highest BCUT2D eigenvalue weighted by Gasteiger charge is 2.10. The average Bonchev–Trinajstić information content (AvgIpc) is 2.73. The molecule has 4 heteroatoms. The number of nitrogens with zero attached hydrogens (tertiary/aromatic N) is 1. The molecule has 0 aliphatic heterocycles. The van der Waals surface area contributed by atoms with E-state index in [-0.39, 0.29) is 12.6 Å². The van der Waals surface area contributed by atoms with Gasteiger partial charge in [0.1, 0.15) is 0 Å². The first-order valence-electron chi connectivity index (χ1n) is 5.14. The van der Waals surface area contributed by atoms with E-state index in [1.165, 1.54) is 0 Å². The smallest absolute Gasteiger partial charge is 0.183 e. The number of rotatable bonds is 4. The Morgan fingerprint density at radius 1 is 1.38 bits per heavy atom. The number of aliphatic hydroxyl groups is 1. The van der Waals surface area contributed by atoms with Crippen molar-refractivity contribution in [2.45, 2.75) is 13.0 Å². The van der Waals surface area contributed by atoms with Crippen LogP contribution in [0.3, 0.4) is 0 Å². The Bertz CT molecular complexity index is 441. The van der Waals surface area contributed by atoms with Gasteiger partial charge in [-0.3, -0.25) is 0 Å². The van der Waals surface area contributed by atoms with Crippen LogP contribution in [-0.2, 0) is 0 Å². The molecule has 16 heavy (non-hydrogen) atoms. The summed E-state index contributed by atoms with van der Waals surface area (Å²) in [5.74, 6) is 0. The van der Waals surface area contributed by atoms with E-state index in [1.807, 2.05) is 43.5 Å². The third kappa shape index (κ3) is 2.59. The van der Waals surface area contributed by atoms with Gasteiger partial charge in [0.25, 0.3) is 0 Å². The summed E-state index contributed by atoms with van der Waals surface area (Å²) in [5, 5.41) is 13.4. The van der Waals surface area contributed by atoms with Crippen molar-refractivity contribution in [3.8, 4) is 0 Å². The molecular formula is C12H14N2OS. The Kier molecular flexibility index (Phi) is 3.54. The van der Waals surface area contributed by atoms with Gasteiger partial charge in [0, 0.05) is 11.1 Å². The number of hydrogen-bond donors (Lipinski definition) is 2. The first-order chi connectivity index (χ1) is 7.79. The van der Waals surface area contributed by atoms with E-state index in [2.05, 4.69) is 10.3 Å². The lowest BCUT2D eigenvalue weighted by Gasteiger charge is -2.15. The molecule has 1 aromatic carbocycles. The molecule has 0 amide bonds. The van der Waals surface area contributed by atoms with Gasteiger partial charge in [-0.2, -0.15) is 0 Å². The second-order valence-corrected chi connectivity index (χ2v) is 4.80. The van der Waals surface area contributed by atoms with Crippen LogP contribution in [0.25, 0.3) is 0 Å². The lowest BCUT2D eigenvalue weighted by atomic mass is 10.1. The number of anilines is 1. The lowest BCUT2D eigenvalue weighted by molar-refractivity contribution is 0.276. The van der Waals surface area contributed by atoms with Gasteiger partial charge in [-0.15, -0.1) is 11.3 Å². The van der Waals surface area contributed by atoms with Crippen LogP contribution in [0.2, 0.25) is 0 Å². The van der Waals surface area contributed by atoms with E-state index in [4.69, 9.17) is 0 Å². The van der Waals surface area contributed by atoms with Crippen LogP contribution in [0.4, 0.5) is 5.13 Å². The lowest BCUT2D eigenvalue weighted by Crippen LogP contribution is -2.14. The summed E-state index contributed by atoms with van der Waals surface area (Å²) < 4.78 is 0. The maximum atomic E-state index is 9.36. The molecule has 0 fully saturated rings. The molecule has 0 spiro atoms. The summed E-state index contributed by atoms with van der Waals surface area (Å²) >= 11 is 1.59. The van der Waals surface area contributed by atoms with Gasteiger partial charge in [-0.05, 0) is 12.5 Å². The van der Waals surface area contributed by atoms with Crippen molar-refractivity contribution >= 4 is 16.5 Å². The highest BCUT2D eigenvalue weighted by Crippen LogP contribution is 2.22. The predicted molar refractivity (Wildman–Crippen MR) is 66.7 cm³/mol. The van der Waals surface area contributed by atoms with Crippen molar-refractivity contribution in [3.63, 3.8) is 0 Å². The molecule has 0 radical (unpaired) electrons. The van der Waals surface area contributed by atoms with Gasteiger partial charge >= 0.3 is 0 Å². The molecule has 0 saturated heterocycles. The van der Waals surface area contributed by atoms with Crippen LogP contribution in [0.1, 0.15) is 16.5 Å². The Morgan fingerprint density at radius 3 is 2.69 bits per heavy atom. The fourth-order valence-electron chi connectivity index (χ4n) is 1.49. The molecule has 3 nitrogen and oxygen atoms in total. The summed E-state index contributed by atoms with van der Waals surface area (Å²) in [6, 6.07) is 9.79. The number of benzene rings is 1. The van der Waals surface area contributed by atoms with Crippen molar-refractivity contribution in [3.05, 3.63) is 47.0 Å². The van der Waals surface area contributed by atoms with Crippen LogP contribution in [-0.4, -0.2) is 16.7 Å². The fourth-order valence-corrected chi connectivity index (χ4v) is 2.21. The number of hydrogen-bond acceptors (Lipinski definition) is 4. The third-order valence-electron chi connectivity index (χ3n) is 2.30. The van der Waals surface area contributed by atoms with Crippen molar-refractivity contribution < 1.29 is 5.11 Å². The van der Waals surface area contributed by atoms with Crippen molar-refractivity contribution in [1.29, 1.82) is 0 Å². The summed E-state index contributed by atoms with van der Waals surface area (Å²) in [7, 11) is 0. The van der Waals surface area contributed by atoms with Gasteiger partial charge in [0.05, 0.1) is 12.6 Å². The zero-order chi connectivity index (χ0) is 11.4. The van der Waals surface area contributed by atoms with Gasteiger partial charge in [-0.1, -0.05) is 30.3 Å². The molecule has 0 bridgehead atoms. The molecule has 0 aliphatic rings. The van der Waals surface area contributed by atoms with Crippen LogP contribution < -0.4 is 5.32 Å². The number of aromatic nitrogens is 1. The Labute approximate surface area is 98.8 Å². The van der Waals surface area contributed by atoms with Gasteiger partial charge in [0.15, 0.2) is 5.13 Å². The van der Waals surface area contributed by atoms with Gasteiger partial charge < -0.3 is 10.4 Å². The number of thiazole rings is 1. The number of aliphatic hydroxyl groups excluding tert-OH is 1. The maximum absolute atomic E-state index is 9.36. The van der Waals surface area contributed by atoms with E-state index in [1.54, 1.807) is 11.3 Å². The number of nitrogens with one attached hydrogen (secondary N) is 1. The van der Waals surface area contributed by atoms with Gasteiger partial charge in [0.2, 0.25) is 0 Å². The monoisotopic (exact) mass is 234 g/mol. The van der Waals surface area contributed by atoms with Crippen molar-refractivity contribution in [2.75, 3.05) is 11.9 Å². The Morgan fingerprint density at radius 2 is 2.12 bits per heavy atom. The zero-order valence-corrected chi connectivity index (χ0v) is 9.87. The highest BCUT2D eigenvalue weighted by atomic mass is 32.1. The van der Waals surface area contributed by atoms with E-state index < -0.39 is 0 Å². The fraction of sp³-hybridized carbons (Fsp3) is 0.250. The van der Waals surface area contributed by atoms with Crippen LogP contribution in [0, 0.1) is 6.92 Å². The molecule has 0 aliphatic carbocycles. The van der Waals surface area contributed by atoms with E-state index in [9.17, 15) is 5.11 Å². The molecule has 84 valence electrons. The average molecular weight is 234 g/mol. The Balaban J connectivity index is 2.12. The predicted octanol–water partition coefficient (Wildman–Crippen LogP) is 2.60. The normalized spacial score (nSPS) is 12.4. The second-order valence-electron chi connectivity index (χ2n) is 3.57. The maximum Gasteiger partial charge on any atom is 0.183 e. The van der Waals surface area contributed by atoms with Gasteiger partial charge in [-0.25, -0.2) is 4.98 Å². The summed E-state index contributed by atoms with van der Waals surface area (Å²) in [5.41, 5.74) is 1.07. The molecule has 1 heterocycles. The largest absolute Gasteiger partial charge is 0.394 e. The minimum atomic E-state index is -0.0910. The molecule has 2 N–H and O–H groups in total. The quantitative estimate of drug-likeness (QED) is 0.854. The summed E-state index contributed by atoms with van der Waals surface area (Å²) in [4.78, 5) is 5.38. The molecule has 1 atom stereocenters. The standard InChI is InChI=1S/C12H14N2OS/c1-9-7-13-12(16-9)14-11(8-15)10-5-3-2-4-6-10/h2-7,11,15H,8H2,1H3,(H,13,14). The first kappa shape index (κ1) is 11.1. The molecule has 1 aromatic heterocycles. The zero-order valence-electron chi connectivity index (χ0n) is 9.05. The van der Waals surface area contributed by atoms with E-state index in [0.717, 1.165) is 15.6 Å². The first-order valence-corrected chi connectivity index (χ1v) is 5.96. The minimum Gasteiger partial charge on any atom is -0.394 e. The Hall–Kier alpha value is -1.39. The van der Waals surface area contributed by atoms with Crippen LogP contribution >= 0.6 is 11.3 Å². The van der Waals surface area contributed by atoms with Crippen LogP contribution in [0.5, 0.6) is 0 Å². The summed E-state index contributed by atoms with van der Waals surface area (Å²) in [6.07, 6.45) is 1.83. The molecule has 0 saturated carbocycles. The third-order valence-corrected chi connectivity index (χ3v) is 3.15. The number of aryl methyl sites for hydroxylation is 1. The molecule has 1 unspecified atom stereocenters. The second kappa shape index (κ2) is 5.09.